The molecule has 0 radical (unpaired) electrons. The van der Waals surface area contributed by atoms with Gasteiger partial charge in [0.2, 0.25) is 0 Å². The summed E-state index contributed by atoms with van der Waals surface area (Å²) in [6.45, 7) is 5.96. The van der Waals surface area contributed by atoms with Crippen molar-refractivity contribution in [2.24, 2.45) is 0 Å². The Hall–Kier alpha value is -1.32. The number of ether oxygens (including phenoxy) is 1. The molecule has 0 saturated carbocycles. The molecule has 4 heteroatoms. The number of hydrogen-bond donors (Lipinski definition) is 1. The summed E-state index contributed by atoms with van der Waals surface area (Å²) in [5.74, 6) is 2.17. The monoisotopic (exact) mass is 181 g/mol. The van der Waals surface area contributed by atoms with Crippen LogP contribution in [0.4, 0.5) is 5.82 Å². The number of hydrogen-bond acceptors (Lipinski definition) is 4. The van der Waals surface area contributed by atoms with E-state index in [9.17, 15) is 0 Å². The molecule has 0 amide bonds. The first-order chi connectivity index (χ1) is 6.13. The van der Waals surface area contributed by atoms with Gasteiger partial charge in [-0.15, -0.1) is 0 Å². The SMILES string of the molecule is COc1cnc(C)nc1NC(C)C. The van der Waals surface area contributed by atoms with Gasteiger partial charge >= 0.3 is 0 Å². The molecule has 0 saturated heterocycles. The van der Waals surface area contributed by atoms with Gasteiger partial charge in [-0.1, -0.05) is 0 Å². The first-order valence-corrected chi connectivity index (χ1v) is 4.27. The molecular weight excluding hydrogens is 166 g/mol. The molecule has 1 rings (SSSR count). The van der Waals surface area contributed by atoms with Crippen LogP contribution in [0.2, 0.25) is 0 Å². The summed E-state index contributed by atoms with van der Waals surface area (Å²) < 4.78 is 5.11. The fourth-order valence-corrected chi connectivity index (χ4v) is 0.985. The molecule has 0 atom stereocenters. The van der Waals surface area contributed by atoms with Gasteiger partial charge in [0.05, 0.1) is 13.3 Å². The van der Waals surface area contributed by atoms with Crippen molar-refractivity contribution < 1.29 is 4.74 Å². The summed E-state index contributed by atoms with van der Waals surface area (Å²) in [4.78, 5) is 8.28. The molecule has 1 heterocycles. The predicted molar refractivity (Wildman–Crippen MR) is 52.1 cm³/mol. The van der Waals surface area contributed by atoms with Crippen molar-refractivity contribution in [2.45, 2.75) is 26.8 Å². The molecule has 0 bridgehead atoms. The largest absolute Gasteiger partial charge is 0.491 e. The molecule has 1 N–H and O–H groups in total. The van der Waals surface area contributed by atoms with E-state index in [-0.39, 0.29) is 0 Å². The van der Waals surface area contributed by atoms with E-state index >= 15 is 0 Å². The van der Waals surface area contributed by atoms with Gasteiger partial charge in [-0.2, -0.15) is 0 Å². The second-order valence-corrected chi connectivity index (χ2v) is 3.13. The van der Waals surface area contributed by atoms with Crippen molar-refractivity contribution in [3.05, 3.63) is 12.0 Å². The Balaban J connectivity index is 2.94. The number of anilines is 1. The van der Waals surface area contributed by atoms with Crippen molar-refractivity contribution in [3.63, 3.8) is 0 Å². The van der Waals surface area contributed by atoms with Crippen LogP contribution in [-0.4, -0.2) is 23.1 Å². The van der Waals surface area contributed by atoms with Crippen LogP contribution in [0.1, 0.15) is 19.7 Å². The Kier molecular flexibility index (Phi) is 3.06. The first kappa shape index (κ1) is 9.77. The highest BCUT2D eigenvalue weighted by Crippen LogP contribution is 2.20. The van der Waals surface area contributed by atoms with Crippen LogP contribution in [0.25, 0.3) is 0 Å². The molecule has 0 aliphatic rings. The maximum Gasteiger partial charge on any atom is 0.179 e. The van der Waals surface area contributed by atoms with E-state index in [1.807, 2.05) is 6.92 Å². The van der Waals surface area contributed by atoms with E-state index in [4.69, 9.17) is 4.74 Å². The van der Waals surface area contributed by atoms with Crippen LogP contribution in [0.15, 0.2) is 6.20 Å². The molecular formula is C9H15N3O. The highest BCUT2D eigenvalue weighted by molar-refractivity contribution is 5.48. The smallest absolute Gasteiger partial charge is 0.179 e. The fraction of sp³-hybridized carbons (Fsp3) is 0.556. The summed E-state index contributed by atoms with van der Waals surface area (Å²) in [5, 5.41) is 3.19. The summed E-state index contributed by atoms with van der Waals surface area (Å²) in [5.41, 5.74) is 0. The standard InChI is InChI=1S/C9H15N3O/c1-6(2)11-9-8(13-4)5-10-7(3)12-9/h5-6H,1-4H3,(H,10,11,12). The Labute approximate surface area is 78.4 Å². The van der Waals surface area contributed by atoms with Gasteiger partial charge < -0.3 is 10.1 Å². The summed E-state index contributed by atoms with van der Waals surface area (Å²) in [6, 6.07) is 0.336. The van der Waals surface area contributed by atoms with E-state index < -0.39 is 0 Å². The maximum atomic E-state index is 5.11. The van der Waals surface area contributed by atoms with Crippen molar-refractivity contribution in [2.75, 3.05) is 12.4 Å². The number of rotatable bonds is 3. The van der Waals surface area contributed by atoms with E-state index in [2.05, 4.69) is 29.1 Å². The molecule has 0 fully saturated rings. The van der Waals surface area contributed by atoms with Crippen molar-refractivity contribution in [1.29, 1.82) is 0 Å². The first-order valence-electron chi connectivity index (χ1n) is 4.27. The van der Waals surface area contributed by atoms with Crippen LogP contribution < -0.4 is 10.1 Å². The van der Waals surface area contributed by atoms with Crippen LogP contribution >= 0.6 is 0 Å². The van der Waals surface area contributed by atoms with Gasteiger partial charge in [0.1, 0.15) is 5.82 Å². The number of methoxy groups -OCH3 is 1. The van der Waals surface area contributed by atoms with Crippen molar-refractivity contribution >= 4 is 5.82 Å². The Bertz CT molecular complexity index is 286. The Morgan fingerprint density at radius 3 is 2.69 bits per heavy atom. The summed E-state index contributed by atoms with van der Waals surface area (Å²) in [6.07, 6.45) is 1.67. The molecule has 72 valence electrons. The Morgan fingerprint density at radius 2 is 2.15 bits per heavy atom. The maximum absolute atomic E-state index is 5.11. The molecule has 0 aliphatic carbocycles. The molecule has 4 nitrogen and oxygen atoms in total. The van der Waals surface area contributed by atoms with E-state index in [1.54, 1.807) is 13.3 Å². The second kappa shape index (κ2) is 4.07. The lowest BCUT2D eigenvalue weighted by molar-refractivity contribution is 0.412. The molecule has 0 spiro atoms. The molecule has 13 heavy (non-hydrogen) atoms. The second-order valence-electron chi connectivity index (χ2n) is 3.13. The van der Waals surface area contributed by atoms with Gasteiger partial charge in [0, 0.05) is 6.04 Å². The quantitative estimate of drug-likeness (QED) is 0.769. The number of nitrogens with one attached hydrogen (secondary N) is 1. The number of aryl methyl sites for hydroxylation is 1. The lowest BCUT2D eigenvalue weighted by Crippen LogP contribution is -2.12. The van der Waals surface area contributed by atoms with Crippen LogP contribution in [0.5, 0.6) is 5.75 Å². The average molecular weight is 181 g/mol. The van der Waals surface area contributed by atoms with Gasteiger partial charge in [0.15, 0.2) is 11.6 Å². The molecule has 1 aromatic rings. The van der Waals surface area contributed by atoms with Crippen molar-refractivity contribution in [1.82, 2.24) is 9.97 Å². The summed E-state index contributed by atoms with van der Waals surface area (Å²) >= 11 is 0. The van der Waals surface area contributed by atoms with Gasteiger partial charge in [-0.05, 0) is 20.8 Å². The lowest BCUT2D eigenvalue weighted by atomic mass is 10.4. The van der Waals surface area contributed by atoms with E-state index in [0.29, 0.717) is 11.8 Å². The predicted octanol–water partition coefficient (Wildman–Crippen LogP) is 1.61. The van der Waals surface area contributed by atoms with Crippen molar-refractivity contribution in [3.8, 4) is 5.75 Å². The average Bonchev–Trinajstić information content (AvgIpc) is 2.03. The normalized spacial score (nSPS) is 10.2. The van der Waals surface area contributed by atoms with Gasteiger partial charge in [-0.3, -0.25) is 0 Å². The zero-order valence-corrected chi connectivity index (χ0v) is 8.46. The third kappa shape index (κ3) is 2.57. The topological polar surface area (TPSA) is 47.0 Å². The van der Waals surface area contributed by atoms with E-state index in [1.165, 1.54) is 0 Å². The zero-order chi connectivity index (χ0) is 9.84. The van der Waals surface area contributed by atoms with Gasteiger partial charge in [0.25, 0.3) is 0 Å². The third-order valence-electron chi connectivity index (χ3n) is 1.52. The van der Waals surface area contributed by atoms with E-state index in [0.717, 1.165) is 11.6 Å². The van der Waals surface area contributed by atoms with Gasteiger partial charge in [-0.25, -0.2) is 9.97 Å². The molecule has 1 aromatic heterocycles. The molecule has 0 unspecified atom stereocenters. The minimum Gasteiger partial charge on any atom is -0.491 e. The minimum atomic E-state index is 0.336. The minimum absolute atomic E-state index is 0.336. The highest BCUT2D eigenvalue weighted by atomic mass is 16.5. The van der Waals surface area contributed by atoms with Crippen LogP contribution in [0, 0.1) is 6.92 Å². The lowest BCUT2D eigenvalue weighted by Gasteiger charge is -2.12. The summed E-state index contributed by atoms with van der Waals surface area (Å²) in [7, 11) is 1.61. The number of aromatic nitrogens is 2. The third-order valence-corrected chi connectivity index (χ3v) is 1.52. The van der Waals surface area contributed by atoms with Crippen LogP contribution in [0.3, 0.4) is 0 Å². The molecule has 0 aromatic carbocycles. The zero-order valence-electron chi connectivity index (χ0n) is 8.46. The highest BCUT2D eigenvalue weighted by Gasteiger charge is 2.05. The molecule has 0 aliphatic heterocycles. The Morgan fingerprint density at radius 1 is 1.46 bits per heavy atom. The number of nitrogens with zero attached hydrogens (tertiary/aromatic N) is 2. The van der Waals surface area contributed by atoms with Crippen LogP contribution in [-0.2, 0) is 0 Å². The fourth-order valence-electron chi connectivity index (χ4n) is 0.985.